The van der Waals surface area contributed by atoms with Crippen LogP contribution in [0.3, 0.4) is 0 Å². The molecule has 0 unspecified atom stereocenters. The maximum absolute atomic E-state index is 9.18. The van der Waals surface area contributed by atoms with Crippen LogP contribution in [0.1, 0.15) is 50.7 Å². The average Bonchev–Trinajstić information content (AvgIpc) is 2.62. The zero-order valence-electron chi connectivity index (χ0n) is 14.6. The number of nitrogens with zero attached hydrogens (tertiary/aromatic N) is 3. The molecular formula is C20H29N3. The van der Waals surface area contributed by atoms with Gasteiger partial charge >= 0.3 is 0 Å². The summed E-state index contributed by atoms with van der Waals surface area (Å²) in [4.78, 5) is 5.20. The molecule has 0 spiro atoms. The van der Waals surface area contributed by atoms with Crippen LogP contribution in [0.2, 0.25) is 0 Å². The smallest absolute Gasteiger partial charge is 0.0994 e. The van der Waals surface area contributed by atoms with E-state index in [-0.39, 0.29) is 0 Å². The first-order valence-corrected chi connectivity index (χ1v) is 9.23. The third kappa shape index (κ3) is 3.70. The summed E-state index contributed by atoms with van der Waals surface area (Å²) in [6.07, 6.45) is 6.51. The van der Waals surface area contributed by atoms with Crippen LogP contribution in [0.5, 0.6) is 0 Å². The highest BCUT2D eigenvalue weighted by Gasteiger charge is 2.27. The van der Waals surface area contributed by atoms with E-state index in [2.05, 4.69) is 41.8 Å². The minimum Gasteiger partial charge on any atom is -0.369 e. The van der Waals surface area contributed by atoms with E-state index in [1.807, 2.05) is 6.07 Å². The molecule has 1 aliphatic heterocycles. The van der Waals surface area contributed by atoms with Gasteiger partial charge in [0.1, 0.15) is 0 Å². The van der Waals surface area contributed by atoms with Crippen molar-refractivity contribution < 1.29 is 0 Å². The second-order valence-corrected chi connectivity index (χ2v) is 7.24. The van der Waals surface area contributed by atoms with Crippen molar-refractivity contribution >= 4 is 5.69 Å². The fraction of sp³-hybridized carbons (Fsp3) is 0.650. The van der Waals surface area contributed by atoms with Crippen LogP contribution in [0.15, 0.2) is 18.2 Å². The summed E-state index contributed by atoms with van der Waals surface area (Å²) in [7, 11) is 0. The monoisotopic (exact) mass is 311 g/mol. The third-order valence-electron chi connectivity index (χ3n) is 5.77. The molecule has 23 heavy (non-hydrogen) atoms. The Morgan fingerprint density at radius 2 is 1.78 bits per heavy atom. The number of hydrogen-bond acceptors (Lipinski definition) is 3. The number of anilines is 1. The van der Waals surface area contributed by atoms with Gasteiger partial charge in [0.25, 0.3) is 0 Å². The molecule has 0 N–H and O–H groups in total. The minimum absolute atomic E-state index is 0.820. The molecule has 1 aromatic carbocycles. The zero-order chi connectivity index (χ0) is 16.2. The van der Waals surface area contributed by atoms with Crippen LogP contribution in [0.4, 0.5) is 5.69 Å². The Balaban J connectivity index is 1.60. The maximum Gasteiger partial charge on any atom is 0.0994 e. The van der Waals surface area contributed by atoms with E-state index in [0.717, 1.165) is 37.0 Å². The van der Waals surface area contributed by atoms with Crippen LogP contribution in [-0.4, -0.2) is 37.1 Å². The summed E-state index contributed by atoms with van der Waals surface area (Å²) in [5.74, 6) is 0.929. The van der Waals surface area contributed by atoms with Crippen molar-refractivity contribution in [2.75, 3.05) is 31.1 Å². The quantitative estimate of drug-likeness (QED) is 0.850. The summed E-state index contributed by atoms with van der Waals surface area (Å²) in [6, 6.07) is 9.45. The highest BCUT2D eigenvalue weighted by atomic mass is 15.3. The molecule has 0 bridgehead atoms. The summed E-state index contributed by atoms with van der Waals surface area (Å²) >= 11 is 0. The van der Waals surface area contributed by atoms with Gasteiger partial charge in [-0.3, -0.25) is 4.90 Å². The summed E-state index contributed by atoms with van der Waals surface area (Å²) < 4.78 is 0. The number of nitriles is 1. The van der Waals surface area contributed by atoms with E-state index in [0.29, 0.717) is 0 Å². The highest BCUT2D eigenvalue weighted by molar-refractivity contribution is 5.54. The van der Waals surface area contributed by atoms with Crippen molar-refractivity contribution in [1.82, 2.24) is 4.90 Å². The SMILES string of the molecule is CCc1cc(N2CCN([C@H]3CC[C@@H](C)CC3)CC2)ccc1C#N. The number of benzene rings is 1. The number of piperazine rings is 1. The Morgan fingerprint density at radius 1 is 1.09 bits per heavy atom. The van der Waals surface area contributed by atoms with Gasteiger partial charge in [0.2, 0.25) is 0 Å². The van der Waals surface area contributed by atoms with E-state index in [9.17, 15) is 5.26 Å². The molecule has 1 saturated carbocycles. The first-order valence-electron chi connectivity index (χ1n) is 9.23. The largest absolute Gasteiger partial charge is 0.369 e. The second-order valence-electron chi connectivity index (χ2n) is 7.24. The van der Waals surface area contributed by atoms with Crippen molar-refractivity contribution in [3.63, 3.8) is 0 Å². The standard InChI is InChI=1S/C20H29N3/c1-3-17-14-20(9-6-18(17)15-21)23-12-10-22(11-13-23)19-7-4-16(2)5-8-19/h6,9,14,16,19H,3-5,7-8,10-13H2,1-2H3/t16-,19+. The third-order valence-corrected chi connectivity index (χ3v) is 5.77. The molecule has 0 atom stereocenters. The lowest BCUT2D eigenvalue weighted by atomic mass is 9.86. The molecule has 2 fully saturated rings. The molecule has 1 aliphatic carbocycles. The number of rotatable bonds is 3. The molecule has 0 aromatic heterocycles. The Labute approximate surface area is 140 Å². The molecule has 0 radical (unpaired) electrons. The average molecular weight is 311 g/mol. The lowest BCUT2D eigenvalue weighted by molar-refractivity contribution is 0.133. The Kier molecular flexibility index (Phi) is 5.23. The van der Waals surface area contributed by atoms with Crippen LogP contribution in [0, 0.1) is 17.2 Å². The minimum atomic E-state index is 0.820. The van der Waals surface area contributed by atoms with E-state index < -0.39 is 0 Å². The van der Waals surface area contributed by atoms with Gasteiger partial charge in [0, 0.05) is 37.9 Å². The van der Waals surface area contributed by atoms with Crippen LogP contribution in [-0.2, 0) is 6.42 Å². The van der Waals surface area contributed by atoms with Gasteiger partial charge in [-0.15, -0.1) is 0 Å². The lowest BCUT2D eigenvalue weighted by Crippen LogP contribution is -2.51. The molecule has 2 aliphatic rings. The predicted octanol–water partition coefficient (Wildman–Crippen LogP) is 3.82. The van der Waals surface area contributed by atoms with E-state index in [1.165, 1.54) is 50.0 Å². The van der Waals surface area contributed by atoms with Crippen molar-refractivity contribution in [3.05, 3.63) is 29.3 Å². The fourth-order valence-corrected chi connectivity index (χ4v) is 4.13. The van der Waals surface area contributed by atoms with Crippen LogP contribution in [0.25, 0.3) is 0 Å². The van der Waals surface area contributed by atoms with Crippen molar-refractivity contribution in [2.24, 2.45) is 5.92 Å². The van der Waals surface area contributed by atoms with Crippen molar-refractivity contribution in [1.29, 1.82) is 5.26 Å². The van der Waals surface area contributed by atoms with Gasteiger partial charge in [-0.1, -0.05) is 13.8 Å². The topological polar surface area (TPSA) is 30.3 Å². The molecule has 1 saturated heterocycles. The molecule has 3 rings (SSSR count). The van der Waals surface area contributed by atoms with Crippen molar-refractivity contribution in [2.45, 2.75) is 52.0 Å². The van der Waals surface area contributed by atoms with Gasteiger partial charge in [-0.25, -0.2) is 0 Å². The normalized spacial score (nSPS) is 26.0. The number of aryl methyl sites for hydroxylation is 1. The van der Waals surface area contributed by atoms with Gasteiger partial charge in [-0.2, -0.15) is 5.26 Å². The zero-order valence-corrected chi connectivity index (χ0v) is 14.6. The fourth-order valence-electron chi connectivity index (χ4n) is 4.13. The Hall–Kier alpha value is -1.53. The van der Waals surface area contributed by atoms with Gasteiger partial charge in [0.15, 0.2) is 0 Å². The highest BCUT2D eigenvalue weighted by Crippen LogP contribution is 2.28. The molecule has 1 aromatic rings. The van der Waals surface area contributed by atoms with E-state index in [1.54, 1.807) is 0 Å². The second kappa shape index (κ2) is 7.36. The van der Waals surface area contributed by atoms with E-state index in [4.69, 9.17) is 0 Å². The molecule has 3 nitrogen and oxygen atoms in total. The molecule has 3 heteroatoms. The molecule has 124 valence electrons. The molecular weight excluding hydrogens is 282 g/mol. The number of hydrogen-bond donors (Lipinski definition) is 0. The molecule has 1 heterocycles. The Morgan fingerprint density at radius 3 is 2.39 bits per heavy atom. The Bertz CT molecular complexity index is 559. The van der Waals surface area contributed by atoms with Gasteiger partial charge in [-0.05, 0) is 61.8 Å². The van der Waals surface area contributed by atoms with Crippen LogP contribution >= 0.6 is 0 Å². The van der Waals surface area contributed by atoms with Crippen molar-refractivity contribution in [3.8, 4) is 6.07 Å². The van der Waals surface area contributed by atoms with Crippen LogP contribution < -0.4 is 4.90 Å². The summed E-state index contributed by atoms with van der Waals surface area (Å²) in [5, 5.41) is 9.18. The summed E-state index contributed by atoms with van der Waals surface area (Å²) in [6.45, 7) is 9.11. The van der Waals surface area contributed by atoms with Gasteiger partial charge in [0.05, 0.1) is 11.6 Å². The first-order chi connectivity index (χ1) is 11.2. The maximum atomic E-state index is 9.18. The van der Waals surface area contributed by atoms with E-state index >= 15 is 0 Å². The first kappa shape index (κ1) is 16.3. The summed E-state index contributed by atoms with van der Waals surface area (Å²) in [5.41, 5.74) is 3.29. The molecule has 0 amide bonds. The van der Waals surface area contributed by atoms with Gasteiger partial charge < -0.3 is 4.90 Å². The predicted molar refractivity (Wildman–Crippen MR) is 95.7 cm³/mol. The lowest BCUT2D eigenvalue weighted by Gasteiger charge is -2.42.